The van der Waals surface area contributed by atoms with E-state index in [-0.39, 0.29) is 0 Å². The fourth-order valence-corrected chi connectivity index (χ4v) is 64.2. The quantitative estimate of drug-likeness (QED) is 0.0225. The fourth-order valence-electron chi connectivity index (χ4n) is 10.8. The summed E-state index contributed by atoms with van der Waals surface area (Å²) in [6.07, 6.45) is 0. The summed E-state index contributed by atoms with van der Waals surface area (Å²) >= 11 is -22.2. The van der Waals surface area contributed by atoms with Gasteiger partial charge in [-0.3, -0.25) is 0 Å². The van der Waals surface area contributed by atoms with E-state index in [4.69, 9.17) is 22.8 Å². The third-order valence-corrected chi connectivity index (χ3v) is 68.9. The summed E-state index contributed by atoms with van der Waals surface area (Å²) in [5.41, 5.74) is 0. The Morgan fingerprint density at radius 3 is 0.234 bits per heavy atom. The Hall–Kier alpha value is -6.32. The zero-order chi connectivity index (χ0) is 86.1. The van der Waals surface area contributed by atoms with Crippen LogP contribution in [0, 0.1) is 57.1 Å². The van der Waals surface area contributed by atoms with Crippen molar-refractivity contribution in [3.63, 3.8) is 0 Å². The van der Waals surface area contributed by atoms with Crippen LogP contribution in [0.3, 0.4) is 0 Å². The molecule has 0 aliphatic carbocycles. The van der Waals surface area contributed by atoms with Crippen LogP contribution in [0.1, 0.15) is 0 Å². The van der Waals surface area contributed by atoms with Gasteiger partial charge < -0.3 is 0 Å². The molecule has 12 nitrogen and oxygen atoms in total. The first-order chi connectivity index (χ1) is 60.5. The predicted molar refractivity (Wildman–Crippen MR) is 558 cm³/mol. The van der Waals surface area contributed by atoms with Crippen LogP contribution in [0.5, 0.6) is 0 Å². The number of rotatable bonds is 32. The van der Waals surface area contributed by atoms with Gasteiger partial charge in [-0.25, -0.2) is 0 Å². The van der Waals surface area contributed by atoms with E-state index in [1.54, 1.807) is 0 Å². The first kappa shape index (κ1) is 95.3. The van der Waals surface area contributed by atoms with E-state index in [2.05, 4.69) is 0 Å². The Kier molecular flexibility index (Phi) is 38.0. The van der Waals surface area contributed by atoms with Gasteiger partial charge in [0, 0.05) is 0 Å². The summed E-state index contributed by atoms with van der Waals surface area (Å²) in [6, 6.07) is 151. The molecule has 640 valence electrons. The third-order valence-electron chi connectivity index (χ3n) is 16.1. The van der Waals surface area contributed by atoms with Crippen molar-refractivity contribution in [3.05, 3.63) is 542 Å². The molecule has 0 spiro atoms. The molecule has 0 radical (unpaired) electrons. The topological polar surface area (TPSA) is 142 Å². The van der Waals surface area contributed by atoms with E-state index in [0.29, 0.717) is 0 Å². The number of hydrogen-bond donors (Lipinski definition) is 0. The van der Waals surface area contributed by atoms with Crippen LogP contribution < -0.4 is 0 Å². The molecule has 0 heterocycles. The molecule has 0 aliphatic heterocycles. The van der Waals surface area contributed by atoms with Crippen LogP contribution in [-0.2, 0) is 41.1 Å². The summed E-state index contributed by atoms with van der Waals surface area (Å²) < 4.78 is 174. The molecule has 28 heteroatoms. The van der Waals surface area contributed by atoms with Crippen molar-refractivity contribution in [2.45, 2.75) is 0 Å². The normalized spacial score (nSPS) is 12.3. The molecule has 0 amide bonds. The molecule has 0 aromatic heterocycles. The molecule has 16 rings (SSSR count). The maximum absolute atomic E-state index is 15.5. The fraction of sp³-hybridized carbons (Fsp3) is 0. The molecule has 0 aliphatic rings. The van der Waals surface area contributed by atoms with Gasteiger partial charge in [-0.05, 0) is 0 Å². The van der Waals surface area contributed by atoms with Gasteiger partial charge in [-0.1, -0.05) is 0 Å². The van der Waals surface area contributed by atoms with Gasteiger partial charge >= 0.3 is 794 Å². The van der Waals surface area contributed by atoms with Crippen molar-refractivity contribution < 1.29 is 57.9 Å². The second-order valence-corrected chi connectivity index (χ2v) is 70.3. The average molecular weight is 2640 g/mol. The van der Waals surface area contributed by atoms with Crippen molar-refractivity contribution in [2.75, 3.05) is 0 Å². The van der Waals surface area contributed by atoms with Crippen LogP contribution in [0.2, 0.25) is 0 Å². The second-order valence-electron chi connectivity index (χ2n) is 25.0. The van der Waals surface area contributed by atoms with Crippen molar-refractivity contribution >= 4 is 194 Å². The molecule has 124 heavy (non-hydrogen) atoms. The minimum absolute atomic E-state index is 0.860. The number of benzene rings is 16. The van der Waals surface area contributed by atoms with Gasteiger partial charge in [-0.2, -0.15) is 0 Å². The monoisotopic (exact) mass is 2640 g/mol. The molecule has 16 aromatic rings. The van der Waals surface area contributed by atoms with E-state index in [1.165, 1.54) is 0 Å². The molecule has 0 saturated carbocycles. The van der Waals surface area contributed by atoms with E-state index in [0.717, 1.165) is 57.1 Å². The summed E-state index contributed by atoms with van der Waals surface area (Å²) in [5.74, 6) is 0. The zero-order valence-corrected chi connectivity index (χ0v) is 86.2. The van der Waals surface area contributed by atoms with Gasteiger partial charge in [0.2, 0.25) is 0 Å². The second kappa shape index (κ2) is 49.5. The van der Waals surface area contributed by atoms with Crippen LogP contribution >= 0.6 is 194 Å². The van der Waals surface area contributed by atoms with Crippen molar-refractivity contribution in [1.29, 1.82) is 0 Å². The number of hydrogen-bond acceptors (Lipinski definition) is 12. The molecule has 0 unspecified atom stereocenters. The molecule has 0 bridgehead atoms. The van der Waals surface area contributed by atoms with Crippen molar-refractivity contribution in [1.82, 2.24) is 0 Å². The third kappa shape index (κ3) is 29.9. The Bertz CT molecular complexity index is 4600. The van der Waals surface area contributed by atoms with E-state index in [1.807, 2.05) is 485 Å². The molecular weight excluding hydrogens is 2560 g/mol. The molecular formula is C96H80F4I8O12P4. The zero-order valence-electron chi connectivity index (χ0n) is 65.4. The van der Waals surface area contributed by atoms with Crippen LogP contribution in [0.25, 0.3) is 0 Å². The first-order valence-corrected chi connectivity index (χ1v) is 67.7. The minimum atomic E-state index is -4.83. The Labute approximate surface area is 783 Å². The van der Waals surface area contributed by atoms with Gasteiger partial charge in [-0.15, -0.1) is 0 Å². The molecule has 0 atom stereocenters. The Morgan fingerprint density at radius 2 is 0.177 bits per heavy atom. The van der Waals surface area contributed by atoms with Crippen LogP contribution in [0.15, 0.2) is 485 Å². The number of halogens is 12. The maximum atomic E-state index is 15.5. The van der Waals surface area contributed by atoms with Gasteiger partial charge in [0.25, 0.3) is 0 Å². The van der Waals surface area contributed by atoms with Gasteiger partial charge in [0.1, 0.15) is 0 Å². The molecule has 0 fully saturated rings. The first-order valence-electron chi connectivity index (χ1n) is 37.7. The van der Waals surface area contributed by atoms with E-state index in [9.17, 15) is 18.3 Å². The SMILES string of the molecule is O=P(F)(OI(c1ccccc1)c1ccccc1)OI(c1ccccc1)c1ccccc1.O=P(F)(OI(c1ccccc1)c1ccccc1)OI(c1ccccc1)c1ccccc1.O=P(F)(OI(c1ccccc1)c1ccccc1)OI(c1ccccc1)c1ccccc1.O=P(F)(OI(c1ccccc1)c1ccccc1)OI(c1ccccc1)c1ccccc1. The average Bonchev–Trinajstić information content (AvgIpc) is 0.818. The van der Waals surface area contributed by atoms with E-state index < -0.39 is 194 Å². The summed E-state index contributed by atoms with van der Waals surface area (Å²) in [4.78, 5) is 0. The summed E-state index contributed by atoms with van der Waals surface area (Å²) in [5, 5.41) is 0. The van der Waals surface area contributed by atoms with E-state index >= 15 is 16.8 Å². The Morgan fingerprint density at radius 1 is 0.121 bits per heavy atom. The van der Waals surface area contributed by atoms with Crippen molar-refractivity contribution in [2.24, 2.45) is 0 Å². The Balaban J connectivity index is 0.000000142. The van der Waals surface area contributed by atoms with Crippen LogP contribution in [0.4, 0.5) is 16.8 Å². The molecule has 0 saturated heterocycles. The van der Waals surface area contributed by atoms with Crippen molar-refractivity contribution in [3.8, 4) is 0 Å². The van der Waals surface area contributed by atoms with Gasteiger partial charge in [0.15, 0.2) is 0 Å². The molecule has 16 aromatic carbocycles. The van der Waals surface area contributed by atoms with Gasteiger partial charge in [0.05, 0.1) is 0 Å². The summed E-state index contributed by atoms with van der Waals surface area (Å²) in [6.45, 7) is 0. The predicted octanol–water partition coefficient (Wildman–Crippen LogP) is 33.7. The molecule has 0 N–H and O–H groups in total. The van der Waals surface area contributed by atoms with Crippen LogP contribution in [-0.4, -0.2) is 0 Å². The summed E-state index contributed by atoms with van der Waals surface area (Å²) in [7, 11) is -19.3. The standard InChI is InChI=1S/4C24H20FI2O3P/c4*25-31(28,29-26(21-13-5-1-6-14-21)22-15-7-2-8-16-22)30-27(23-17-9-3-10-18-23)24-19-11-4-12-20-24/h4*1-20H.